The van der Waals surface area contributed by atoms with Gasteiger partial charge in [-0.15, -0.1) is 0 Å². The molecule has 0 spiro atoms. The number of carbonyl (C=O) groups is 1. The summed E-state index contributed by atoms with van der Waals surface area (Å²) in [6.45, 7) is -0.150. The van der Waals surface area contributed by atoms with Crippen LogP contribution in [0, 0.1) is 17.5 Å². The fourth-order valence-corrected chi connectivity index (χ4v) is 1.43. The van der Waals surface area contributed by atoms with Crippen molar-refractivity contribution in [1.82, 2.24) is 0 Å². The fourth-order valence-electron chi connectivity index (χ4n) is 1.43. The van der Waals surface area contributed by atoms with E-state index in [0.29, 0.717) is 0 Å². The van der Waals surface area contributed by atoms with E-state index in [2.05, 4.69) is 10.1 Å². The van der Waals surface area contributed by atoms with Crippen LogP contribution in [0.3, 0.4) is 0 Å². The molecular weight excluding hydrogens is 265 g/mol. The molecule has 0 atom stereocenters. The maximum Gasteiger partial charge on any atom is 0.343 e. The van der Waals surface area contributed by atoms with Gasteiger partial charge in [-0.25, -0.2) is 18.0 Å². The topological polar surface area (TPSA) is 84.6 Å². The number of hydrogen-bond acceptors (Lipinski definition) is 5. The molecule has 0 aromatic heterocycles. The van der Waals surface area contributed by atoms with Crippen LogP contribution in [0.25, 0.3) is 0 Å². The molecule has 0 aliphatic heterocycles. The van der Waals surface area contributed by atoms with Crippen molar-refractivity contribution in [2.24, 2.45) is 0 Å². The van der Waals surface area contributed by atoms with Gasteiger partial charge in [0.2, 0.25) is 0 Å². The third-order valence-electron chi connectivity index (χ3n) is 2.38. The zero-order valence-corrected chi connectivity index (χ0v) is 10.1. The molecule has 0 unspecified atom stereocenters. The van der Waals surface area contributed by atoms with Crippen molar-refractivity contribution in [2.75, 3.05) is 31.3 Å². The molecule has 106 valence electrons. The number of anilines is 2. The van der Waals surface area contributed by atoms with E-state index in [4.69, 9.17) is 10.8 Å². The Morgan fingerprint density at radius 2 is 1.95 bits per heavy atom. The van der Waals surface area contributed by atoms with Crippen LogP contribution in [0.4, 0.5) is 24.5 Å². The van der Waals surface area contributed by atoms with Gasteiger partial charge in [0, 0.05) is 13.2 Å². The molecule has 5 nitrogen and oxygen atoms in total. The molecule has 0 aliphatic carbocycles. The summed E-state index contributed by atoms with van der Waals surface area (Å²) in [7, 11) is 0.950. The highest BCUT2D eigenvalue weighted by Gasteiger charge is 2.28. The molecule has 1 aromatic carbocycles. The van der Waals surface area contributed by atoms with Crippen molar-refractivity contribution < 1.29 is 27.8 Å². The number of aliphatic hydroxyl groups excluding tert-OH is 1. The van der Waals surface area contributed by atoms with Crippen LogP contribution in [0.5, 0.6) is 0 Å². The Labute approximate surface area is 107 Å². The third-order valence-corrected chi connectivity index (χ3v) is 2.38. The highest BCUT2D eigenvalue weighted by Crippen LogP contribution is 2.31. The molecule has 19 heavy (non-hydrogen) atoms. The quantitative estimate of drug-likeness (QED) is 0.327. The van der Waals surface area contributed by atoms with Crippen LogP contribution in [-0.4, -0.2) is 31.3 Å². The minimum atomic E-state index is -1.65. The number of nitrogens with one attached hydrogen (secondary N) is 1. The second-order valence-electron chi connectivity index (χ2n) is 3.60. The van der Waals surface area contributed by atoms with Gasteiger partial charge < -0.3 is 20.9 Å². The molecule has 0 heterocycles. The van der Waals surface area contributed by atoms with E-state index >= 15 is 0 Å². The number of methoxy groups -OCH3 is 1. The maximum atomic E-state index is 13.8. The summed E-state index contributed by atoms with van der Waals surface area (Å²) in [5, 5.41) is 11.0. The molecule has 0 radical (unpaired) electrons. The van der Waals surface area contributed by atoms with Gasteiger partial charge in [-0.2, -0.15) is 0 Å². The summed E-state index contributed by atoms with van der Waals surface area (Å²) in [6.07, 6.45) is 0.221. The van der Waals surface area contributed by atoms with Gasteiger partial charge in [-0.1, -0.05) is 0 Å². The SMILES string of the molecule is COC(=O)c1c(F)c(F)c(N)c(F)c1NCCCO. The van der Waals surface area contributed by atoms with Gasteiger partial charge in [0.25, 0.3) is 0 Å². The van der Waals surface area contributed by atoms with E-state index < -0.39 is 40.4 Å². The van der Waals surface area contributed by atoms with Crippen molar-refractivity contribution in [3.63, 3.8) is 0 Å². The van der Waals surface area contributed by atoms with Gasteiger partial charge in [0.15, 0.2) is 17.5 Å². The predicted molar refractivity (Wildman–Crippen MR) is 62.3 cm³/mol. The zero-order valence-electron chi connectivity index (χ0n) is 10.1. The lowest BCUT2D eigenvalue weighted by molar-refractivity contribution is 0.0595. The molecule has 1 rings (SSSR count). The number of aliphatic hydroxyl groups is 1. The summed E-state index contributed by atoms with van der Waals surface area (Å²) >= 11 is 0. The number of nitrogens with two attached hydrogens (primary N) is 1. The average Bonchev–Trinajstić information content (AvgIpc) is 2.41. The lowest BCUT2D eigenvalue weighted by Gasteiger charge is -2.14. The number of halogens is 3. The Balaban J connectivity index is 3.35. The first kappa shape index (κ1) is 15.1. The van der Waals surface area contributed by atoms with Crippen molar-refractivity contribution in [3.05, 3.63) is 23.0 Å². The maximum absolute atomic E-state index is 13.8. The highest BCUT2D eigenvalue weighted by molar-refractivity contribution is 5.97. The minimum absolute atomic E-state index is 0.0436. The normalized spacial score (nSPS) is 10.4. The monoisotopic (exact) mass is 278 g/mol. The summed E-state index contributed by atoms with van der Waals surface area (Å²) < 4.78 is 45.0. The zero-order chi connectivity index (χ0) is 14.6. The molecule has 0 saturated carbocycles. The first-order chi connectivity index (χ1) is 8.95. The number of carbonyl (C=O) groups excluding carboxylic acids is 1. The molecule has 0 fully saturated rings. The number of esters is 1. The van der Waals surface area contributed by atoms with Crippen LogP contribution in [0.2, 0.25) is 0 Å². The smallest absolute Gasteiger partial charge is 0.343 e. The lowest BCUT2D eigenvalue weighted by atomic mass is 10.1. The Morgan fingerprint density at radius 1 is 1.32 bits per heavy atom. The standard InChI is InChI=1S/C11H13F3N2O3/c1-19-11(18)5-6(12)7(13)9(15)8(14)10(5)16-3-2-4-17/h16-17H,2-4,15H2,1H3. The van der Waals surface area contributed by atoms with Crippen molar-refractivity contribution in [1.29, 1.82) is 0 Å². The summed E-state index contributed by atoms with van der Waals surface area (Å²) in [5.74, 6) is -5.75. The van der Waals surface area contributed by atoms with Crippen LogP contribution in [-0.2, 0) is 4.74 Å². The van der Waals surface area contributed by atoms with Gasteiger partial charge in [-0.05, 0) is 6.42 Å². The van der Waals surface area contributed by atoms with Crippen molar-refractivity contribution in [3.8, 4) is 0 Å². The predicted octanol–water partition coefficient (Wildman–Crippen LogP) is 1.27. The van der Waals surface area contributed by atoms with E-state index in [1.54, 1.807) is 0 Å². The molecule has 1 aromatic rings. The van der Waals surface area contributed by atoms with E-state index in [0.717, 1.165) is 7.11 Å². The second-order valence-corrected chi connectivity index (χ2v) is 3.60. The van der Waals surface area contributed by atoms with Crippen molar-refractivity contribution in [2.45, 2.75) is 6.42 Å². The fraction of sp³-hybridized carbons (Fsp3) is 0.364. The molecule has 8 heteroatoms. The number of rotatable bonds is 5. The largest absolute Gasteiger partial charge is 0.465 e. The minimum Gasteiger partial charge on any atom is -0.465 e. The molecule has 0 aliphatic rings. The summed E-state index contributed by atoms with van der Waals surface area (Å²) in [6, 6.07) is 0. The first-order valence-corrected chi connectivity index (χ1v) is 5.34. The van der Waals surface area contributed by atoms with Crippen LogP contribution >= 0.6 is 0 Å². The van der Waals surface area contributed by atoms with E-state index in [1.165, 1.54) is 0 Å². The average molecular weight is 278 g/mol. The summed E-state index contributed by atoms with van der Waals surface area (Å²) in [4.78, 5) is 11.4. The number of benzene rings is 1. The van der Waals surface area contributed by atoms with Gasteiger partial charge in [0.1, 0.15) is 11.3 Å². The van der Waals surface area contributed by atoms with Crippen LogP contribution in [0.15, 0.2) is 0 Å². The number of hydrogen-bond donors (Lipinski definition) is 3. The van der Waals surface area contributed by atoms with E-state index in [9.17, 15) is 18.0 Å². The van der Waals surface area contributed by atoms with Gasteiger partial charge in [-0.3, -0.25) is 0 Å². The Hall–Kier alpha value is -1.96. The number of nitrogen functional groups attached to an aromatic ring is 1. The Bertz CT molecular complexity index is 495. The van der Waals surface area contributed by atoms with E-state index in [-0.39, 0.29) is 19.6 Å². The summed E-state index contributed by atoms with van der Waals surface area (Å²) in [5.41, 5.74) is 2.55. The molecule has 0 bridgehead atoms. The van der Waals surface area contributed by atoms with Gasteiger partial charge in [0.05, 0.1) is 12.8 Å². The molecule has 4 N–H and O–H groups in total. The molecule has 0 amide bonds. The first-order valence-electron chi connectivity index (χ1n) is 5.34. The molecular formula is C11H13F3N2O3. The van der Waals surface area contributed by atoms with Crippen LogP contribution in [0.1, 0.15) is 16.8 Å². The van der Waals surface area contributed by atoms with Crippen LogP contribution < -0.4 is 11.1 Å². The molecule has 0 saturated heterocycles. The van der Waals surface area contributed by atoms with Crippen molar-refractivity contribution >= 4 is 17.3 Å². The highest BCUT2D eigenvalue weighted by atomic mass is 19.2. The Kier molecular flexibility index (Phi) is 4.99. The van der Waals surface area contributed by atoms with Gasteiger partial charge >= 0.3 is 5.97 Å². The third kappa shape index (κ3) is 2.90. The van der Waals surface area contributed by atoms with E-state index in [1.807, 2.05) is 0 Å². The number of ether oxygens (including phenoxy) is 1. The Morgan fingerprint density at radius 3 is 2.47 bits per heavy atom. The second kappa shape index (κ2) is 6.28. The lowest BCUT2D eigenvalue weighted by Crippen LogP contribution is -2.17.